The molecule has 1 aromatic rings. The van der Waals surface area contributed by atoms with Crippen LogP contribution < -0.4 is 5.32 Å². The molecule has 0 aliphatic rings. The third-order valence-corrected chi connectivity index (χ3v) is 2.08. The number of nitrogens with one attached hydrogen (secondary N) is 1. The molecule has 3 nitrogen and oxygen atoms in total. The van der Waals surface area contributed by atoms with Gasteiger partial charge in [0, 0.05) is 18.9 Å². The number of nitrogens with zero attached hydrogens (tertiary/aromatic N) is 1. The Bertz CT molecular complexity index is 314. The van der Waals surface area contributed by atoms with Gasteiger partial charge in [0.2, 0.25) is 0 Å². The molecule has 0 radical (unpaired) electrons. The highest BCUT2D eigenvalue weighted by Gasteiger charge is 2.11. The van der Waals surface area contributed by atoms with Crippen LogP contribution in [0.15, 0.2) is 24.5 Å². The molecule has 0 unspecified atom stereocenters. The lowest BCUT2D eigenvalue weighted by Crippen LogP contribution is -2.27. The summed E-state index contributed by atoms with van der Waals surface area (Å²) in [6, 6.07) is 3.53. The summed E-state index contributed by atoms with van der Waals surface area (Å²) in [6.45, 7) is 7.17. The highest BCUT2D eigenvalue weighted by Crippen LogP contribution is 2.16. The van der Waals surface area contributed by atoms with Crippen LogP contribution in [0.25, 0.3) is 0 Å². The summed E-state index contributed by atoms with van der Waals surface area (Å²) >= 11 is 0. The first-order chi connectivity index (χ1) is 6.99. The van der Waals surface area contributed by atoms with E-state index in [1.165, 1.54) is 0 Å². The van der Waals surface area contributed by atoms with Gasteiger partial charge >= 0.3 is 0 Å². The van der Waals surface area contributed by atoms with E-state index >= 15 is 0 Å². The number of hydrogen-bond acceptors (Lipinski definition) is 2. The van der Waals surface area contributed by atoms with Crippen molar-refractivity contribution in [1.82, 2.24) is 10.3 Å². The van der Waals surface area contributed by atoms with E-state index in [2.05, 4.69) is 31.1 Å². The van der Waals surface area contributed by atoms with Crippen LogP contribution in [0.2, 0.25) is 0 Å². The van der Waals surface area contributed by atoms with Crippen molar-refractivity contribution in [2.75, 3.05) is 6.54 Å². The Morgan fingerprint density at radius 3 is 2.73 bits per heavy atom. The second-order valence-electron chi connectivity index (χ2n) is 4.81. The van der Waals surface area contributed by atoms with E-state index in [-0.39, 0.29) is 11.3 Å². The Morgan fingerprint density at radius 1 is 1.47 bits per heavy atom. The molecular formula is C12H18N2O. The van der Waals surface area contributed by atoms with E-state index in [0.29, 0.717) is 12.1 Å². The summed E-state index contributed by atoms with van der Waals surface area (Å²) in [4.78, 5) is 15.5. The SMILES string of the molecule is CC(C)(C)CCNC(=O)c1cccnc1. The minimum Gasteiger partial charge on any atom is -0.352 e. The standard InChI is InChI=1S/C12H18N2O/c1-12(2,3)6-8-14-11(15)10-5-4-7-13-9-10/h4-5,7,9H,6,8H2,1-3H3,(H,14,15). The monoisotopic (exact) mass is 206 g/mol. The molecule has 15 heavy (non-hydrogen) atoms. The molecular weight excluding hydrogens is 188 g/mol. The highest BCUT2D eigenvalue weighted by molar-refractivity contribution is 5.93. The minimum absolute atomic E-state index is 0.0487. The van der Waals surface area contributed by atoms with Gasteiger partial charge in [0.05, 0.1) is 5.56 Å². The normalized spacial score (nSPS) is 11.1. The van der Waals surface area contributed by atoms with Gasteiger partial charge in [-0.15, -0.1) is 0 Å². The lowest BCUT2D eigenvalue weighted by molar-refractivity contribution is 0.0949. The smallest absolute Gasteiger partial charge is 0.252 e. The van der Waals surface area contributed by atoms with Gasteiger partial charge in [-0.1, -0.05) is 20.8 Å². The average Bonchev–Trinajstić information content (AvgIpc) is 2.17. The van der Waals surface area contributed by atoms with Crippen LogP contribution in [0.5, 0.6) is 0 Å². The maximum Gasteiger partial charge on any atom is 0.252 e. The molecule has 0 saturated carbocycles. The van der Waals surface area contributed by atoms with Crippen molar-refractivity contribution in [1.29, 1.82) is 0 Å². The van der Waals surface area contributed by atoms with Gasteiger partial charge in [-0.25, -0.2) is 0 Å². The zero-order chi connectivity index (χ0) is 11.3. The maximum absolute atomic E-state index is 11.6. The van der Waals surface area contributed by atoms with Crippen LogP contribution in [0, 0.1) is 5.41 Å². The number of aromatic nitrogens is 1. The molecule has 1 amide bonds. The van der Waals surface area contributed by atoms with Gasteiger partial charge in [-0.05, 0) is 24.0 Å². The molecule has 0 spiro atoms. The van der Waals surface area contributed by atoms with Crippen LogP contribution in [0.1, 0.15) is 37.6 Å². The molecule has 0 atom stereocenters. The van der Waals surface area contributed by atoms with Crippen molar-refractivity contribution in [2.45, 2.75) is 27.2 Å². The second kappa shape index (κ2) is 4.91. The van der Waals surface area contributed by atoms with E-state index in [1.807, 2.05) is 0 Å². The molecule has 3 heteroatoms. The van der Waals surface area contributed by atoms with Crippen molar-refractivity contribution in [2.24, 2.45) is 5.41 Å². The molecule has 0 fully saturated rings. The van der Waals surface area contributed by atoms with Gasteiger partial charge in [0.25, 0.3) is 5.91 Å². The van der Waals surface area contributed by atoms with Gasteiger partial charge < -0.3 is 5.32 Å². The maximum atomic E-state index is 11.6. The van der Waals surface area contributed by atoms with Crippen LogP contribution in [-0.4, -0.2) is 17.4 Å². The molecule has 0 saturated heterocycles. The number of amides is 1. The third-order valence-electron chi connectivity index (χ3n) is 2.08. The first-order valence-electron chi connectivity index (χ1n) is 5.17. The summed E-state index contributed by atoms with van der Waals surface area (Å²) in [5, 5.41) is 2.88. The van der Waals surface area contributed by atoms with Crippen molar-refractivity contribution >= 4 is 5.91 Å². The molecule has 82 valence electrons. The summed E-state index contributed by atoms with van der Waals surface area (Å²) < 4.78 is 0. The van der Waals surface area contributed by atoms with Crippen molar-refractivity contribution < 1.29 is 4.79 Å². The predicted octanol–water partition coefficient (Wildman–Crippen LogP) is 2.25. The zero-order valence-electron chi connectivity index (χ0n) is 9.58. The molecule has 1 N–H and O–H groups in total. The van der Waals surface area contributed by atoms with Crippen LogP contribution in [0.3, 0.4) is 0 Å². The lowest BCUT2D eigenvalue weighted by Gasteiger charge is -2.17. The fourth-order valence-corrected chi connectivity index (χ4v) is 1.15. The van der Waals surface area contributed by atoms with Gasteiger partial charge in [0.1, 0.15) is 0 Å². The van der Waals surface area contributed by atoms with E-state index < -0.39 is 0 Å². The number of hydrogen-bond donors (Lipinski definition) is 1. The van der Waals surface area contributed by atoms with Gasteiger partial charge in [0.15, 0.2) is 0 Å². The van der Waals surface area contributed by atoms with Gasteiger partial charge in [-0.3, -0.25) is 9.78 Å². The quantitative estimate of drug-likeness (QED) is 0.824. The van der Waals surface area contributed by atoms with Gasteiger partial charge in [-0.2, -0.15) is 0 Å². The Labute approximate surface area is 90.9 Å². The Balaban J connectivity index is 2.38. The minimum atomic E-state index is -0.0487. The average molecular weight is 206 g/mol. The fraction of sp³-hybridized carbons (Fsp3) is 0.500. The fourth-order valence-electron chi connectivity index (χ4n) is 1.15. The Kier molecular flexibility index (Phi) is 3.83. The van der Waals surface area contributed by atoms with Crippen LogP contribution in [-0.2, 0) is 0 Å². The molecule has 0 bridgehead atoms. The van der Waals surface area contributed by atoms with E-state index in [9.17, 15) is 4.79 Å². The first kappa shape index (κ1) is 11.7. The third kappa shape index (κ3) is 4.58. The lowest BCUT2D eigenvalue weighted by atomic mass is 9.92. The summed E-state index contributed by atoms with van der Waals surface area (Å²) in [6.07, 6.45) is 4.21. The van der Waals surface area contributed by atoms with Crippen LogP contribution >= 0.6 is 0 Å². The van der Waals surface area contributed by atoms with Crippen molar-refractivity contribution in [3.63, 3.8) is 0 Å². The number of pyridine rings is 1. The van der Waals surface area contributed by atoms with Crippen LogP contribution in [0.4, 0.5) is 0 Å². The largest absolute Gasteiger partial charge is 0.352 e. The van der Waals surface area contributed by atoms with E-state index in [1.54, 1.807) is 24.5 Å². The molecule has 0 aliphatic carbocycles. The Hall–Kier alpha value is -1.38. The first-order valence-corrected chi connectivity index (χ1v) is 5.17. The predicted molar refractivity (Wildman–Crippen MR) is 60.6 cm³/mol. The van der Waals surface area contributed by atoms with E-state index in [4.69, 9.17) is 0 Å². The second-order valence-corrected chi connectivity index (χ2v) is 4.81. The topological polar surface area (TPSA) is 42.0 Å². The summed E-state index contributed by atoms with van der Waals surface area (Å²) in [5.74, 6) is -0.0487. The highest BCUT2D eigenvalue weighted by atomic mass is 16.1. The molecule has 0 aliphatic heterocycles. The number of carbonyl (C=O) groups excluding carboxylic acids is 1. The summed E-state index contributed by atoms with van der Waals surface area (Å²) in [7, 11) is 0. The summed E-state index contributed by atoms with van der Waals surface area (Å²) in [5.41, 5.74) is 0.869. The number of rotatable bonds is 3. The van der Waals surface area contributed by atoms with Crippen molar-refractivity contribution in [3.8, 4) is 0 Å². The molecule has 1 rings (SSSR count). The molecule has 0 aromatic carbocycles. The van der Waals surface area contributed by atoms with Crippen molar-refractivity contribution in [3.05, 3.63) is 30.1 Å². The molecule has 1 aromatic heterocycles. The van der Waals surface area contributed by atoms with E-state index in [0.717, 1.165) is 6.42 Å². The number of carbonyl (C=O) groups is 1. The Morgan fingerprint density at radius 2 is 2.20 bits per heavy atom. The molecule has 1 heterocycles. The zero-order valence-corrected chi connectivity index (χ0v) is 9.58.